The third kappa shape index (κ3) is 2.19. The van der Waals surface area contributed by atoms with Crippen LogP contribution >= 0.6 is 0 Å². The summed E-state index contributed by atoms with van der Waals surface area (Å²) in [5.74, 6) is -1.21. The molecule has 0 radical (unpaired) electrons. The maximum Gasteiger partial charge on any atom is 0.335 e. The molecule has 0 unspecified atom stereocenters. The number of aliphatic hydroxyl groups excluding tert-OH is 1. The van der Waals surface area contributed by atoms with E-state index in [0.717, 1.165) is 0 Å². The number of hydrogen-bond acceptors (Lipinski definition) is 3. The summed E-state index contributed by atoms with van der Waals surface area (Å²) in [6.45, 7) is -0.143. The van der Waals surface area contributed by atoms with Crippen LogP contribution in [0.1, 0.15) is 15.9 Å². The Morgan fingerprint density at radius 3 is 2.39 bits per heavy atom. The molecule has 18 heavy (non-hydrogen) atoms. The van der Waals surface area contributed by atoms with Crippen LogP contribution in [-0.2, 0) is 6.61 Å². The van der Waals surface area contributed by atoms with Crippen molar-refractivity contribution in [1.29, 1.82) is 0 Å². The Bertz CT molecular complexity index is 590. The number of carbonyl (C=O) groups is 1. The van der Waals surface area contributed by atoms with Gasteiger partial charge in [0.1, 0.15) is 5.75 Å². The van der Waals surface area contributed by atoms with Gasteiger partial charge in [0.25, 0.3) is 0 Å². The molecule has 2 rings (SSSR count). The predicted octanol–water partition coefficient (Wildman–Crippen LogP) is 2.25. The highest BCUT2D eigenvalue weighted by Crippen LogP contribution is 2.32. The topological polar surface area (TPSA) is 77.8 Å². The van der Waals surface area contributed by atoms with Crippen molar-refractivity contribution in [3.05, 3.63) is 53.6 Å². The quantitative estimate of drug-likeness (QED) is 0.773. The van der Waals surface area contributed by atoms with E-state index < -0.39 is 5.97 Å². The second-order valence-electron chi connectivity index (χ2n) is 3.85. The Kier molecular flexibility index (Phi) is 3.30. The smallest absolute Gasteiger partial charge is 0.335 e. The number of aromatic carboxylic acids is 1. The molecule has 0 aliphatic heterocycles. The molecule has 0 heterocycles. The van der Waals surface area contributed by atoms with E-state index >= 15 is 0 Å². The fourth-order valence-electron chi connectivity index (χ4n) is 1.81. The van der Waals surface area contributed by atoms with E-state index in [2.05, 4.69) is 0 Å². The minimum absolute atomic E-state index is 0.0257. The van der Waals surface area contributed by atoms with Crippen molar-refractivity contribution in [2.45, 2.75) is 6.61 Å². The average molecular weight is 244 g/mol. The van der Waals surface area contributed by atoms with Gasteiger partial charge in [-0.1, -0.05) is 24.3 Å². The van der Waals surface area contributed by atoms with Crippen LogP contribution in [0.2, 0.25) is 0 Å². The van der Waals surface area contributed by atoms with Gasteiger partial charge in [-0.2, -0.15) is 0 Å². The minimum atomic E-state index is -1.09. The molecule has 2 aromatic rings. The van der Waals surface area contributed by atoms with Crippen LogP contribution in [0.4, 0.5) is 0 Å². The summed E-state index contributed by atoms with van der Waals surface area (Å²) >= 11 is 0. The fraction of sp³-hybridized carbons (Fsp3) is 0.0714. The maximum atomic E-state index is 10.8. The van der Waals surface area contributed by atoms with Gasteiger partial charge < -0.3 is 15.3 Å². The highest BCUT2D eigenvalue weighted by molar-refractivity contribution is 5.89. The van der Waals surface area contributed by atoms with E-state index in [1.807, 2.05) is 0 Å². The monoisotopic (exact) mass is 244 g/mol. The van der Waals surface area contributed by atoms with E-state index in [1.54, 1.807) is 24.3 Å². The highest BCUT2D eigenvalue weighted by Gasteiger charge is 2.11. The van der Waals surface area contributed by atoms with E-state index in [9.17, 15) is 15.0 Å². The number of phenolic OH excluding ortho intramolecular Hbond substituents is 1. The molecular weight excluding hydrogens is 232 g/mol. The zero-order chi connectivity index (χ0) is 13.1. The van der Waals surface area contributed by atoms with E-state index in [-0.39, 0.29) is 17.9 Å². The summed E-state index contributed by atoms with van der Waals surface area (Å²) in [6, 6.07) is 11.3. The summed E-state index contributed by atoms with van der Waals surface area (Å²) in [6.07, 6.45) is 0. The Balaban J connectivity index is 2.54. The number of hydrogen-bond donors (Lipinski definition) is 3. The lowest BCUT2D eigenvalue weighted by atomic mass is 9.98. The van der Waals surface area contributed by atoms with E-state index in [1.165, 1.54) is 18.2 Å². The number of benzene rings is 2. The van der Waals surface area contributed by atoms with Gasteiger partial charge in [0.15, 0.2) is 0 Å². The summed E-state index contributed by atoms with van der Waals surface area (Å²) in [5, 5.41) is 27.9. The average Bonchev–Trinajstić information content (AvgIpc) is 2.38. The van der Waals surface area contributed by atoms with Gasteiger partial charge in [-0.05, 0) is 29.3 Å². The lowest BCUT2D eigenvalue weighted by molar-refractivity contribution is 0.0696. The SMILES string of the molecule is O=C(O)c1ccc(-c2ccccc2CO)c(O)c1. The second kappa shape index (κ2) is 4.89. The molecule has 0 amide bonds. The van der Waals surface area contributed by atoms with Crippen LogP contribution in [0.3, 0.4) is 0 Å². The zero-order valence-electron chi connectivity index (χ0n) is 9.50. The Hall–Kier alpha value is -2.33. The molecule has 0 spiro atoms. The minimum Gasteiger partial charge on any atom is -0.507 e. The predicted molar refractivity (Wildman–Crippen MR) is 66.4 cm³/mol. The molecule has 92 valence electrons. The Morgan fingerprint density at radius 2 is 1.78 bits per heavy atom. The number of rotatable bonds is 3. The third-order valence-electron chi connectivity index (χ3n) is 2.72. The first kappa shape index (κ1) is 12.1. The van der Waals surface area contributed by atoms with Gasteiger partial charge in [0, 0.05) is 5.56 Å². The van der Waals surface area contributed by atoms with Crippen molar-refractivity contribution in [2.24, 2.45) is 0 Å². The second-order valence-corrected chi connectivity index (χ2v) is 3.85. The highest BCUT2D eigenvalue weighted by atomic mass is 16.4. The fourth-order valence-corrected chi connectivity index (χ4v) is 1.81. The molecule has 0 aromatic heterocycles. The molecule has 3 N–H and O–H groups in total. The van der Waals surface area contributed by atoms with Crippen molar-refractivity contribution in [3.63, 3.8) is 0 Å². The van der Waals surface area contributed by atoms with Crippen molar-refractivity contribution in [1.82, 2.24) is 0 Å². The number of aromatic hydroxyl groups is 1. The van der Waals surface area contributed by atoms with Crippen molar-refractivity contribution >= 4 is 5.97 Å². The molecule has 0 bridgehead atoms. The standard InChI is InChI=1S/C14H12O4/c15-8-10-3-1-2-4-11(10)12-6-5-9(14(17)18)7-13(12)16/h1-7,15-16H,8H2,(H,17,18). The molecule has 0 atom stereocenters. The summed E-state index contributed by atoms with van der Waals surface area (Å²) in [7, 11) is 0. The van der Waals surface area contributed by atoms with Crippen molar-refractivity contribution in [2.75, 3.05) is 0 Å². The molecule has 0 saturated heterocycles. The first-order valence-electron chi connectivity index (χ1n) is 5.39. The van der Waals surface area contributed by atoms with Gasteiger partial charge in [0.2, 0.25) is 0 Å². The normalized spacial score (nSPS) is 10.3. The largest absolute Gasteiger partial charge is 0.507 e. The van der Waals surface area contributed by atoms with Crippen LogP contribution < -0.4 is 0 Å². The molecule has 2 aromatic carbocycles. The van der Waals surface area contributed by atoms with Gasteiger partial charge in [-0.25, -0.2) is 4.79 Å². The summed E-state index contributed by atoms with van der Waals surface area (Å²) in [4.78, 5) is 10.8. The molecule has 0 saturated carbocycles. The van der Waals surface area contributed by atoms with Crippen molar-refractivity contribution in [3.8, 4) is 16.9 Å². The van der Waals surface area contributed by atoms with Crippen LogP contribution in [0.25, 0.3) is 11.1 Å². The third-order valence-corrected chi connectivity index (χ3v) is 2.72. The van der Waals surface area contributed by atoms with Crippen LogP contribution in [0.5, 0.6) is 5.75 Å². The number of aliphatic hydroxyl groups is 1. The van der Waals surface area contributed by atoms with Gasteiger partial charge >= 0.3 is 5.97 Å². The van der Waals surface area contributed by atoms with Crippen molar-refractivity contribution < 1.29 is 20.1 Å². The lowest BCUT2D eigenvalue weighted by Gasteiger charge is -2.09. The number of carboxylic acid groups (broad SMARTS) is 1. The Morgan fingerprint density at radius 1 is 1.06 bits per heavy atom. The molecular formula is C14H12O4. The molecule has 4 heteroatoms. The summed E-state index contributed by atoms with van der Waals surface area (Å²) in [5.41, 5.74) is 1.90. The molecule has 0 fully saturated rings. The van der Waals surface area contributed by atoms with Gasteiger partial charge in [0.05, 0.1) is 12.2 Å². The molecule has 4 nitrogen and oxygen atoms in total. The van der Waals surface area contributed by atoms with Gasteiger partial charge in [-0.15, -0.1) is 0 Å². The Labute approximate surface area is 104 Å². The lowest BCUT2D eigenvalue weighted by Crippen LogP contribution is -1.96. The summed E-state index contributed by atoms with van der Waals surface area (Å²) < 4.78 is 0. The van der Waals surface area contributed by atoms with Crippen LogP contribution in [-0.4, -0.2) is 21.3 Å². The first-order chi connectivity index (χ1) is 8.63. The van der Waals surface area contributed by atoms with E-state index in [0.29, 0.717) is 16.7 Å². The zero-order valence-corrected chi connectivity index (χ0v) is 9.50. The molecule has 0 aliphatic carbocycles. The maximum absolute atomic E-state index is 10.8. The van der Waals surface area contributed by atoms with Gasteiger partial charge in [-0.3, -0.25) is 0 Å². The number of phenols is 1. The van der Waals surface area contributed by atoms with Crippen LogP contribution in [0.15, 0.2) is 42.5 Å². The van der Waals surface area contributed by atoms with Crippen LogP contribution in [0, 0.1) is 0 Å². The van der Waals surface area contributed by atoms with E-state index in [4.69, 9.17) is 5.11 Å². The number of carboxylic acids is 1. The first-order valence-corrected chi connectivity index (χ1v) is 5.39. The molecule has 0 aliphatic rings.